The van der Waals surface area contributed by atoms with Crippen LogP contribution in [-0.2, 0) is 4.79 Å². The number of aryl methyl sites for hydroxylation is 2. The summed E-state index contributed by atoms with van der Waals surface area (Å²) in [6, 6.07) is 11.3. The van der Waals surface area contributed by atoms with Crippen LogP contribution in [0.15, 0.2) is 36.4 Å². The number of Topliss-reactive ketones (excluding diaryl/α,β-unsaturated/α-hetero) is 1. The third-order valence-electron chi connectivity index (χ3n) is 4.48. The highest BCUT2D eigenvalue weighted by molar-refractivity contribution is 7.18. The molecule has 1 aromatic carbocycles. The first-order valence-electron chi connectivity index (χ1n) is 8.20. The van der Waals surface area contributed by atoms with Crippen molar-refractivity contribution in [1.29, 1.82) is 0 Å². The summed E-state index contributed by atoms with van der Waals surface area (Å²) >= 11 is 7.21. The molecule has 5 nitrogen and oxygen atoms in total. The maximum absolute atomic E-state index is 13.0. The van der Waals surface area contributed by atoms with Crippen molar-refractivity contribution in [2.75, 3.05) is 5.32 Å². The number of ketones is 1. The van der Waals surface area contributed by atoms with Crippen LogP contribution < -0.4 is 5.32 Å². The summed E-state index contributed by atoms with van der Waals surface area (Å²) in [4.78, 5) is 25.9. The fourth-order valence-electron chi connectivity index (χ4n) is 3.34. The number of hydrogen-bond acceptors (Lipinski definition) is 4. The molecule has 7 heteroatoms. The minimum atomic E-state index is -0.549. The Morgan fingerprint density at radius 2 is 2.12 bits per heavy atom. The SMILES string of the molecule is Cc1cccc(-n2nc(C)c3c2NC(=O)C[C@@H]3C(=O)c2ccc(Cl)s2)c1. The van der Waals surface area contributed by atoms with Gasteiger partial charge in [-0.2, -0.15) is 5.10 Å². The van der Waals surface area contributed by atoms with Gasteiger partial charge in [-0.15, -0.1) is 11.3 Å². The number of carbonyl (C=O) groups is 2. The van der Waals surface area contributed by atoms with Crippen molar-refractivity contribution >= 4 is 40.4 Å². The summed E-state index contributed by atoms with van der Waals surface area (Å²) in [6.45, 7) is 3.86. The molecule has 132 valence electrons. The summed E-state index contributed by atoms with van der Waals surface area (Å²) in [5, 5.41) is 7.49. The number of amides is 1. The van der Waals surface area contributed by atoms with Gasteiger partial charge in [-0.3, -0.25) is 9.59 Å². The van der Waals surface area contributed by atoms with Gasteiger partial charge in [0.2, 0.25) is 5.91 Å². The highest BCUT2D eigenvalue weighted by Crippen LogP contribution is 2.39. The standard InChI is InChI=1S/C19H16ClN3O2S/c1-10-4-3-5-12(8-10)23-19-17(11(2)22-23)13(9-16(24)21-19)18(25)14-6-7-15(20)26-14/h3-8,13H,9H2,1-2H3,(H,21,24)/t13-/m0/s1. The van der Waals surface area contributed by atoms with Crippen molar-refractivity contribution in [3.8, 4) is 5.69 Å². The molecule has 1 aliphatic rings. The summed E-state index contributed by atoms with van der Waals surface area (Å²) in [5.41, 5.74) is 3.46. The molecule has 0 saturated heterocycles. The first-order valence-corrected chi connectivity index (χ1v) is 9.39. The van der Waals surface area contributed by atoms with E-state index in [0.717, 1.165) is 22.5 Å². The molecule has 0 radical (unpaired) electrons. The van der Waals surface area contributed by atoms with Gasteiger partial charge < -0.3 is 5.32 Å². The minimum Gasteiger partial charge on any atom is -0.310 e. The predicted octanol–water partition coefficient (Wildman–Crippen LogP) is 4.51. The second-order valence-corrected chi connectivity index (χ2v) is 8.09. The minimum absolute atomic E-state index is 0.0927. The number of carbonyl (C=O) groups excluding carboxylic acids is 2. The van der Waals surface area contributed by atoms with E-state index in [4.69, 9.17) is 11.6 Å². The zero-order chi connectivity index (χ0) is 18.4. The summed E-state index contributed by atoms with van der Waals surface area (Å²) in [5.74, 6) is -0.255. The lowest BCUT2D eigenvalue weighted by molar-refractivity contribution is -0.116. The van der Waals surface area contributed by atoms with Gasteiger partial charge >= 0.3 is 0 Å². The van der Waals surface area contributed by atoms with Crippen LogP contribution in [0.3, 0.4) is 0 Å². The van der Waals surface area contributed by atoms with Gasteiger partial charge in [-0.25, -0.2) is 4.68 Å². The molecule has 26 heavy (non-hydrogen) atoms. The topological polar surface area (TPSA) is 64.0 Å². The quantitative estimate of drug-likeness (QED) is 0.674. The fraction of sp³-hybridized carbons (Fsp3) is 0.211. The van der Waals surface area contributed by atoms with Gasteiger partial charge in [0.25, 0.3) is 0 Å². The Morgan fingerprint density at radius 1 is 1.31 bits per heavy atom. The smallest absolute Gasteiger partial charge is 0.226 e. The van der Waals surface area contributed by atoms with Crippen molar-refractivity contribution in [3.05, 3.63) is 62.4 Å². The monoisotopic (exact) mass is 385 g/mol. The van der Waals surface area contributed by atoms with Gasteiger partial charge in [-0.05, 0) is 43.7 Å². The Bertz CT molecular complexity index is 1040. The van der Waals surface area contributed by atoms with E-state index in [2.05, 4.69) is 10.4 Å². The number of aromatic nitrogens is 2. The molecule has 1 atom stereocenters. The summed E-state index contributed by atoms with van der Waals surface area (Å²) in [7, 11) is 0. The highest BCUT2D eigenvalue weighted by atomic mass is 35.5. The molecule has 1 N–H and O–H groups in total. The van der Waals surface area contributed by atoms with Crippen LogP contribution in [0.1, 0.15) is 38.8 Å². The average molecular weight is 386 g/mol. The maximum atomic E-state index is 13.0. The molecule has 0 aliphatic carbocycles. The molecular formula is C19H16ClN3O2S. The highest BCUT2D eigenvalue weighted by Gasteiger charge is 2.36. The van der Waals surface area contributed by atoms with E-state index < -0.39 is 5.92 Å². The second-order valence-electron chi connectivity index (χ2n) is 6.37. The van der Waals surface area contributed by atoms with Gasteiger partial charge in [0, 0.05) is 12.0 Å². The molecule has 0 saturated carbocycles. The Balaban J connectivity index is 1.83. The first-order chi connectivity index (χ1) is 12.4. The van der Waals surface area contributed by atoms with Crippen LogP contribution in [0.4, 0.5) is 5.82 Å². The lowest BCUT2D eigenvalue weighted by Crippen LogP contribution is -2.28. The van der Waals surface area contributed by atoms with E-state index >= 15 is 0 Å². The van der Waals surface area contributed by atoms with E-state index in [1.807, 2.05) is 38.1 Å². The van der Waals surface area contributed by atoms with Gasteiger partial charge in [0.1, 0.15) is 5.82 Å². The summed E-state index contributed by atoms with van der Waals surface area (Å²) < 4.78 is 2.26. The Kier molecular flexibility index (Phi) is 4.17. The zero-order valence-corrected chi connectivity index (χ0v) is 15.8. The third-order valence-corrected chi connectivity index (χ3v) is 5.73. The molecule has 0 bridgehead atoms. The molecule has 1 aliphatic heterocycles. The Hall–Kier alpha value is -2.44. The molecule has 1 amide bonds. The number of thiophene rings is 1. The number of anilines is 1. The van der Waals surface area contributed by atoms with Crippen LogP contribution in [-0.4, -0.2) is 21.5 Å². The second kappa shape index (κ2) is 6.37. The van der Waals surface area contributed by atoms with Crippen LogP contribution in [0, 0.1) is 13.8 Å². The molecule has 3 aromatic rings. The van der Waals surface area contributed by atoms with Gasteiger partial charge in [0.15, 0.2) is 5.78 Å². The van der Waals surface area contributed by atoms with Crippen LogP contribution in [0.5, 0.6) is 0 Å². The lowest BCUT2D eigenvalue weighted by Gasteiger charge is -2.22. The zero-order valence-electron chi connectivity index (χ0n) is 14.2. The van der Waals surface area contributed by atoms with E-state index in [9.17, 15) is 9.59 Å². The lowest BCUT2D eigenvalue weighted by atomic mass is 9.87. The van der Waals surface area contributed by atoms with Crippen molar-refractivity contribution in [2.45, 2.75) is 26.2 Å². The van der Waals surface area contributed by atoms with Crippen LogP contribution >= 0.6 is 22.9 Å². The predicted molar refractivity (Wildman–Crippen MR) is 103 cm³/mol. The van der Waals surface area contributed by atoms with Crippen LogP contribution in [0.2, 0.25) is 4.34 Å². The van der Waals surface area contributed by atoms with E-state index in [1.54, 1.807) is 16.8 Å². The van der Waals surface area contributed by atoms with Crippen molar-refractivity contribution in [2.24, 2.45) is 0 Å². The summed E-state index contributed by atoms with van der Waals surface area (Å²) in [6.07, 6.45) is 0.113. The number of rotatable bonds is 3. The van der Waals surface area contributed by atoms with E-state index in [-0.39, 0.29) is 18.1 Å². The Labute approximate surface area is 159 Å². The largest absolute Gasteiger partial charge is 0.310 e. The molecule has 0 fully saturated rings. The number of fused-ring (bicyclic) bond motifs is 1. The number of benzene rings is 1. The van der Waals surface area contributed by atoms with E-state index in [0.29, 0.717) is 15.0 Å². The number of halogens is 1. The molecule has 4 rings (SSSR count). The van der Waals surface area contributed by atoms with Crippen molar-refractivity contribution < 1.29 is 9.59 Å². The molecule has 3 heterocycles. The molecule has 2 aromatic heterocycles. The van der Waals surface area contributed by atoms with Gasteiger partial charge in [0.05, 0.1) is 26.5 Å². The van der Waals surface area contributed by atoms with Crippen molar-refractivity contribution in [3.63, 3.8) is 0 Å². The molecular weight excluding hydrogens is 370 g/mol. The third kappa shape index (κ3) is 2.85. The van der Waals surface area contributed by atoms with Crippen LogP contribution in [0.25, 0.3) is 5.69 Å². The fourth-order valence-corrected chi connectivity index (χ4v) is 4.37. The number of hydrogen-bond donors (Lipinski definition) is 1. The first kappa shape index (κ1) is 17.0. The molecule has 0 spiro atoms. The number of nitrogens with zero attached hydrogens (tertiary/aromatic N) is 2. The van der Waals surface area contributed by atoms with E-state index in [1.165, 1.54) is 11.3 Å². The normalized spacial score (nSPS) is 16.3. The average Bonchev–Trinajstić information content (AvgIpc) is 3.17. The number of nitrogens with one attached hydrogen (secondary N) is 1. The van der Waals surface area contributed by atoms with Crippen molar-refractivity contribution in [1.82, 2.24) is 9.78 Å². The molecule has 0 unspecified atom stereocenters. The Morgan fingerprint density at radius 3 is 2.81 bits per heavy atom. The van der Waals surface area contributed by atoms with Gasteiger partial charge in [-0.1, -0.05) is 23.7 Å². The maximum Gasteiger partial charge on any atom is 0.226 e.